The zero-order chi connectivity index (χ0) is 11.6. The average Bonchev–Trinajstić information content (AvgIpc) is 2.16. The number of nitro benzene ring substituents is 1. The molecule has 0 atom stereocenters. The molecule has 9 heteroatoms. The fourth-order valence-corrected chi connectivity index (χ4v) is 2.13. The standard InChI is InChI=1S/C6H5BrN2O5S/c7-4-1-5(9(10)11)3-6(2-4)15(12,13)14-8/h1-3H,8H2. The molecule has 15 heavy (non-hydrogen) atoms. The van der Waals surface area contributed by atoms with Crippen molar-refractivity contribution in [3.63, 3.8) is 0 Å². The lowest BCUT2D eigenvalue weighted by Crippen LogP contribution is -2.11. The van der Waals surface area contributed by atoms with Gasteiger partial charge in [0.1, 0.15) is 4.90 Å². The monoisotopic (exact) mass is 296 g/mol. The van der Waals surface area contributed by atoms with E-state index >= 15 is 0 Å². The minimum Gasteiger partial charge on any atom is -0.258 e. The molecule has 0 spiro atoms. The summed E-state index contributed by atoms with van der Waals surface area (Å²) >= 11 is 2.94. The van der Waals surface area contributed by atoms with Crippen LogP contribution in [0.3, 0.4) is 0 Å². The maximum absolute atomic E-state index is 11.1. The Balaban J connectivity index is 3.40. The second-order valence-corrected chi connectivity index (χ2v) is 4.94. The zero-order valence-electron chi connectivity index (χ0n) is 7.08. The van der Waals surface area contributed by atoms with Gasteiger partial charge in [0.2, 0.25) is 0 Å². The maximum Gasteiger partial charge on any atom is 0.312 e. The summed E-state index contributed by atoms with van der Waals surface area (Å²) in [5.41, 5.74) is -0.375. The number of halogens is 1. The van der Waals surface area contributed by atoms with E-state index in [1.54, 1.807) is 0 Å². The first kappa shape index (κ1) is 12.0. The minimum atomic E-state index is -4.13. The van der Waals surface area contributed by atoms with Crippen LogP contribution in [0.4, 0.5) is 5.69 Å². The van der Waals surface area contributed by atoms with Crippen molar-refractivity contribution in [2.75, 3.05) is 0 Å². The van der Waals surface area contributed by atoms with Crippen molar-refractivity contribution in [2.45, 2.75) is 4.90 Å². The van der Waals surface area contributed by atoms with Gasteiger partial charge in [0.15, 0.2) is 0 Å². The molecular weight excluding hydrogens is 292 g/mol. The van der Waals surface area contributed by atoms with Crippen molar-refractivity contribution < 1.29 is 17.6 Å². The molecule has 1 rings (SSSR count). The predicted octanol–water partition coefficient (Wildman–Crippen LogP) is 0.936. The van der Waals surface area contributed by atoms with Gasteiger partial charge >= 0.3 is 10.1 Å². The lowest BCUT2D eigenvalue weighted by Gasteiger charge is -2.01. The largest absolute Gasteiger partial charge is 0.312 e. The number of non-ortho nitro benzene ring substituents is 1. The van der Waals surface area contributed by atoms with Crippen molar-refractivity contribution in [1.82, 2.24) is 0 Å². The van der Waals surface area contributed by atoms with E-state index in [9.17, 15) is 18.5 Å². The molecule has 0 amide bonds. The van der Waals surface area contributed by atoms with E-state index in [0.717, 1.165) is 18.2 Å². The fourth-order valence-electron chi connectivity index (χ4n) is 0.853. The first-order valence-electron chi connectivity index (χ1n) is 3.45. The molecule has 0 radical (unpaired) electrons. The van der Waals surface area contributed by atoms with Crippen LogP contribution in [-0.2, 0) is 14.4 Å². The van der Waals surface area contributed by atoms with Crippen LogP contribution in [0.25, 0.3) is 0 Å². The molecule has 7 nitrogen and oxygen atoms in total. The Hall–Kier alpha value is -1.03. The third-order valence-electron chi connectivity index (χ3n) is 1.48. The van der Waals surface area contributed by atoms with Gasteiger partial charge in [-0.15, -0.1) is 0 Å². The molecule has 0 fully saturated rings. The molecule has 0 saturated carbocycles. The highest BCUT2D eigenvalue weighted by Gasteiger charge is 2.19. The van der Waals surface area contributed by atoms with E-state index in [-0.39, 0.29) is 15.1 Å². The molecule has 0 saturated heterocycles. The number of nitrogens with two attached hydrogens (primary N) is 1. The number of rotatable bonds is 3. The lowest BCUT2D eigenvalue weighted by atomic mass is 10.3. The van der Waals surface area contributed by atoms with Gasteiger partial charge in [-0.3, -0.25) is 10.1 Å². The van der Waals surface area contributed by atoms with Crippen molar-refractivity contribution in [2.24, 2.45) is 5.90 Å². The summed E-state index contributed by atoms with van der Waals surface area (Å²) < 4.78 is 26.3. The van der Waals surface area contributed by atoms with Crippen LogP contribution in [0.5, 0.6) is 0 Å². The highest BCUT2D eigenvalue weighted by Crippen LogP contribution is 2.24. The molecule has 0 bridgehead atoms. The Morgan fingerprint density at radius 2 is 2.00 bits per heavy atom. The second kappa shape index (κ2) is 4.23. The topological polar surface area (TPSA) is 113 Å². The number of nitrogens with zero attached hydrogens (tertiary/aromatic N) is 1. The van der Waals surface area contributed by atoms with Crippen LogP contribution in [0.15, 0.2) is 27.6 Å². The van der Waals surface area contributed by atoms with Crippen LogP contribution in [0.2, 0.25) is 0 Å². The maximum atomic E-state index is 11.1. The van der Waals surface area contributed by atoms with Gasteiger partial charge in [-0.1, -0.05) is 15.9 Å². The Labute approximate surface area is 93.2 Å². The third-order valence-corrected chi connectivity index (χ3v) is 3.01. The normalized spacial score (nSPS) is 11.3. The van der Waals surface area contributed by atoms with Crippen LogP contribution >= 0.6 is 15.9 Å². The van der Waals surface area contributed by atoms with E-state index in [4.69, 9.17) is 0 Å². The molecule has 0 aromatic heterocycles. The molecule has 1 aromatic rings. The van der Waals surface area contributed by atoms with Crippen molar-refractivity contribution >= 4 is 31.7 Å². The zero-order valence-corrected chi connectivity index (χ0v) is 9.49. The van der Waals surface area contributed by atoms with E-state index in [0.29, 0.717) is 0 Å². The molecule has 82 valence electrons. The summed E-state index contributed by atoms with van der Waals surface area (Å²) in [5.74, 6) is 4.54. The third kappa shape index (κ3) is 2.72. The molecular formula is C6H5BrN2O5S. The predicted molar refractivity (Wildman–Crippen MR) is 53.3 cm³/mol. The lowest BCUT2D eigenvalue weighted by molar-refractivity contribution is -0.385. The van der Waals surface area contributed by atoms with E-state index < -0.39 is 15.0 Å². The quantitative estimate of drug-likeness (QED) is 0.656. The van der Waals surface area contributed by atoms with Gasteiger partial charge in [0, 0.05) is 16.6 Å². The Morgan fingerprint density at radius 3 is 2.47 bits per heavy atom. The van der Waals surface area contributed by atoms with Crippen LogP contribution in [0.1, 0.15) is 0 Å². The molecule has 0 heterocycles. The average molecular weight is 297 g/mol. The smallest absolute Gasteiger partial charge is 0.258 e. The second-order valence-electron chi connectivity index (χ2n) is 2.45. The van der Waals surface area contributed by atoms with Crippen LogP contribution in [-0.4, -0.2) is 13.3 Å². The van der Waals surface area contributed by atoms with Gasteiger partial charge in [-0.2, -0.15) is 18.6 Å². The molecule has 2 N–H and O–H groups in total. The fraction of sp³-hybridized carbons (Fsp3) is 0. The van der Waals surface area contributed by atoms with E-state index in [1.165, 1.54) is 0 Å². The van der Waals surface area contributed by atoms with Gasteiger partial charge in [-0.05, 0) is 6.07 Å². The minimum absolute atomic E-state index is 0.243. The van der Waals surface area contributed by atoms with Gasteiger partial charge < -0.3 is 0 Å². The number of benzene rings is 1. The van der Waals surface area contributed by atoms with Gasteiger partial charge in [0.05, 0.1) is 4.92 Å². The molecule has 0 aliphatic heterocycles. The Bertz CT molecular complexity index is 500. The Morgan fingerprint density at radius 1 is 1.40 bits per heavy atom. The van der Waals surface area contributed by atoms with Crippen molar-refractivity contribution in [1.29, 1.82) is 0 Å². The van der Waals surface area contributed by atoms with E-state index in [1.807, 2.05) is 0 Å². The summed E-state index contributed by atoms with van der Waals surface area (Å²) in [7, 11) is -4.13. The molecule has 0 aliphatic carbocycles. The van der Waals surface area contributed by atoms with Crippen LogP contribution < -0.4 is 5.90 Å². The summed E-state index contributed by atoms with van der Waals surface area (Å²) in [4.78, 5) is 9.33. The molecule has 0 unspecified atom stereocenters. The number of hydrogen-bond donors (Lipinski definition) is 1. The summed E-state index contributed by atoms with van der Waals surface area (Å²) in [6.07, 6.45) is 0. The SMILES string of the molecule is NOS(=O)(=O)c1cc(Br)cc([N+](=O)[O-])c1. The Kier molecular flexibility index (Phi) is 3.39. The summed E-state index contributed by atoms with van der Waals surface area (Å²) in [6.45, 7) is 0. The van der Waals surface area contributed by atoms with Crippen molar-refractivity contribution in [3.8, 4) is 0 Å². The summed E-state index contributed by atoms with van der Waals surface area (Å²) in [6, 6.07) is 3.16. The molecule has 1 aromatic carbocycles. The van der Waals surface area contributed by atoms with E-state index in [2.05, 4.69) is 26.1 Å². The molecule has 0 aliphatic rings. The highest BCUT2D eigenvalue weighted by atomic mass is 79.9. The van der Waals surface area contributed by atoms with Crippen molar-refractivity contribution in [3.05, 3.63) is 32.8 Å². The van der Waals surface area contributed by atoms with Gasteiger partial charge in [-0.25, -0.2) is 0 Å². The number of hydrogen-bond acceptors (Lipinski definition) is 6. The highest BCUT2D eigenvalue weighted by molar-refractivity contribution is 9.10. The number of nitro groups is 1. The summed E-state index contributed by atoms with van der Waals surface area (Å²) in [5, 5.41) is 10.4. The van der Waals surface area contributed by atoms with Gasteiger partial charge in [0.25, 0.3) is 5.69 Å². The first-order chi connectivity index (χ1) is 6.86. The van der Waals surface area contributed by atoms with Crippen LogP contribution in [0, 0.1) is 10.1 Å². The first-order valence-corrected chi connectivity index (χ1v) is 5.65.